The second-order valence-electron chi connectivity index (χ2n) is 4.29. The van der Waals surface area contributed by atoms with Crippen LogP contribution in [0.15, 0.2) is 0 Å². The molecule has 1 aliphatic rings. The maximum absolute atomic E-state index is 9.92. The van der Waals surface area contributed by atoms with Crippen LogP contribution in [0.25, 0.3) is 0 Å². The van der Waals surface area contributed by atoms with Gasteiger partial charge in [-0.15, -0.1) is 12.3 Å². The largest absolute Gasteiger partial charge is 0.389 e. The van der Waals surface area contributed by atoms with Crippen LogP contribution in [0.4, 0.5) is 0 Å². The van der Waals surface area contributed by atoms with E-state index in [1.807, 2.05) is 6.92 Å². The lowest BCUT2D eigenvalue weighted by Gasteiger charge is -2.32. The first-order valence-corrected chi connectivity index (χ1v) is 6.02. The van der Waals surface area contributed by atoms with E-state index in [0.29, 0.717) is 18.9 Å². The molecular weight excluding hydrogens is 188 g/mol. The summed E-state index contributed by atoms with van der Waals surface area (Å²) in [5, 5.41) is 9.92. The van der Waals surface area contributed by atoms with Gasteiger partial charge in [-0.05, 0) is 25.7 Å². The molecular formula is C13H22O2. The molecule has 0 heterocycles. The molecule has 0 bridgehead atoms. The van der Waals surface area contributed by atoms with Crippen LogP contribution in [0.1, 0.15) is 45.4 Å². The normalized spacial score (nSPS) is 21.9. The quantitative estimate of drug-likeness (QED) is 0.706. The van der Waals surface area contributed by atoms with Crippen LogP contribution in [0.3, 0.4) is 0 Å². The second-order valence-corrected chi connectivity index (χ2v) is 4.29. The number of rotatable bonds is 5. The van der Waals surface area contributed by atoms with E-state index >= 15 is 0 Å². The van der Waals surface area contributed by atoms with Gasteiger partial charge in [-0.3, -0.25) is 0 Å². The van der Waals surface area contributed by atoms with Gasteiger partial charge >= 0.3 is 0 Å². The van der Waals surface area contributed by atoms with Crippen molar-refractivity contribution in [1.29, 1.82) is 0 Å². The number of terminal acetylenes is 1. The lowest BCUT2D eigenvalue weighted by Crippen LogP contribution is -2.37. The van der Waals surface area contributed by atoms with Crippen LogP contribution in [0.2, 0.25) is 0 Å². The molecule has 0 amide bonds. The van der Waals surface area contributed by atoms with Gasteiger partial charge in [0.05, 0.1) is 12.2 Å². The summed E-state index contributed by atoms with van der Waals surface area (Å²) < 4.78 is 5.65. The highest BCUT2D eigenvalue weighted by atomic mass is 16.5. The third-order valence-corrected chi connectivity index (χ3v) is 3.18. The summed E-state index contributed by atoms with van der Waals surface area (Å²) in [7, 11) is 0. The molecule has 2 heteroatoms. The van der Waals surface area contributed by atoms with E-state index in [2.05, 4.69) is 5.92 Å². The zero-order valence-electron chi connectivity index (χ0n) is 9.61. The van der Waals surface area contributed by atoms with Crippen molar-refractivity contribution in [3.63, 3.8) is 0 Å². The monoisotopic (exact) mass is 210 g/mol. The number of aliphatic hydroxyl groups excluding tert-OH is 1. The van der Waals surface area contributed by atoms with Crippen LogP contribution in [0, 0.1) is 18.3 Å². The molecule has 1 aliphatic carbocycles. The molecule has 1 fully saturated rings. The minimum Gasteiger partial charge on any atom is -0.389 e. The Kier molecular flexibility index (Phi) is 5.75. The third-order valence-electron chi connectivity index (χ3n) is 3.18. The Labute approximate surface area is 93.0 Å². The maximum atomic E-state index is 9.92. The molecule has 0 aromatic carbocycles. The molecule has 86 valence electrons. The summed E-state index contributed by atoms with van der Waals surface area (Å²) in [6.07, 6.45) is 11.3. The Hall–Kier alpha value is -0.520. The molecule has 0 aromatic rings. The Balaban J connectivity index is 2.51. The summed E-state index contributed by atoms with van der Waals surface area (Å²) in [5.74, 6) is 3.02. The topological polar surface area (TPSA) is 29.5 Å². The highest BCUT2D eigenvalue weighted by Crippen LogP contribution is 2.30. The molecule has 0 radical (unpaired) electrons. The predicted molar refractivity (Wildman–Crippen MR) is 61.4 cm³/mol. The smallest absolute Gasteiger partial charge is 0.0913 e. The summed E-state index contributed by atoms with van der Waals surface area (Å²) in [6.45, 7) is 2.63. The standard InChI is InChI=1S/C13H22O2/c1-3-8-12(14)13(15-4-2)11-9-6-5-7-10-11/h1,11-14H,4-10H2,2H3. The van der Waals surface area contributed by atoms with Gasteiger partial charge in [0.2, 0.25) is 0 Å². The molecule has 1 N–H and O–H groups in total. The van der Waals surface area contributed by atoms with Gasteiger partial charge in [0, 0.05) is 13.0 Å². The fourth-order valence-electron chi connectivity index (χ4n) is 2.45. The van der Waals surface area contributed by atoms with Crippen LogP contribution < -0.4 is 0 Å². The van der Waals surface area contributed by atoms with Crippen LogP contribution in [0.5, 0.6) is 0 Å². The first kappa shape index (κ1) is 12.5. The first-order chi connectivity index (χ1) is 7.29. The Morgan fingerprint density at radius 3 is 2.60 bits per heavy atom. The minimum atomic E-state index is -0.488. The first-order valence-electron chi connectivity index (χ1n) is 6.02. The van der Waals surface area contributed by atoms with E-state index in [0.717, 1.165) is 0 Å². The van der Waals surface area contributed by atoms with E-state index in [-0.39, 0.29) is 6.10 Å². The molecule has 0 aromatic heterocycles. The second kappa shape index (κ2) is 6.87. The maximum Gasteiger partial charge on any atom is 0.0913 e. The Bertz CT molecular complexity index is 201. The highest BCUT2D eigenvalue weighted by Gasteiger charge is 2.29. The van der Waals surface area contributed by atoms with Crippen molar-refractivity contribution in [3.8, 4) is 12.3 Å². The Morgan fingerprint density at radius 1 is 1.40 bits per heavy atom. The van der Waals surface area contributed by atoms with Crippen molar-refractivity contribution < 1.29 is 9.84 Å². The van der Waals surface area contributed by atoms with Gasteiger partial charge < -0.3 is 9.84 Å². The number of hydrogen-bond donors (Lipinski definition) is 1. The van der Waals surface area contributed by atoms with Gasteiger partial charge in [0.15, 0.2) is 0 Å². The number of aliphatic hydroxyl groups is 1. The fraction of sp³-hybridized carbons (Fsp3) is 0.846. The molecule has 2 nitrogen and oxygen atoms in total. The molecule has 0 saturated heterocycles. The van der Waals surface area contributed by atoms with Crippen molar-refractivity contribution in [3.05, 3.63) is 0 Å². The molecule has 0 spiro atoms. The summed E-state index contributed by atoms with van der Waals surface area (Å²) in [6, 6.07) is 0. The average molecular weight is 210 g/mol. The van der Waals surface area contributed by atoms with E-state index < -0.39 is 6.10 Å². The minimum absolute atomic E-state index is 0.0497. The van der Waals surface area contributed by atoms with Gasteiger partial charge in [0.25, 0.3) is 0 Å². The Morgan fingerprint density at radius 2 is 2.07 bits per heavy atom. The highest BCUT2D eigenvalue weighted by molar-refractivity contribution is 4.91. The van der Waals surface area contributed by atoms with Gasteiger partial charge in [-0.1, -0.05) is 19.3 Å². The van der Waals surface area contributed by atoms with Crippen molar-refractivity contribution in [2.24, 2.45) is 5.92 Å². The lowest BCUT2D eigenvalue weighted by atomic mass is 9.82. The lowest BCUT2D eigenvalue weighted by molar-refractivity contribution is -0.0699. The number of hydrogen-bond acceptors (Lipinski definition) is 2. The van der Waals surface area contributed by atoms with Gasteiger partial charge in [-0.25, -0.2) is 0 Å². The molecule has 1 rings (SSSR count). The molecule has 2 unspecified atom stereocenters. The van der Waals surface area contributed by atoms with Crippen molar-refractivity contribution in [2.45, 2.75) is 57.7 Å². The van der Waals surface area contributed by atoms with Crippen LogP contribution >= 0.6 is 0 Å². The van der Waals surface area contributed by atoms with E-state index in [4.69, 9.17) is 11.2 Å². The molecule has 0 aliphatic heterocycles. The SMILES string of the molecule is C#CCC(O)C(OCC)C1CCCCC1. The predicted octanol–water partition coefficient (Wildman–Crippen LogP) is 2.36. The average Bonchev–Trinajstić information content (AvgIpc) is 2.27. The molecule has 2 atom stereocenters. The van der Waals surface area contributed by atoms with Crippen LogP contribution in [-0.4, -0.2) is 23.9 Å². The van der Waals surface area contributed by atoms with E-state index in [1.165, 1.54) is 32.1 Å². The number of ether oxygens (including phenoxy) is 1. The van der Waals surface area contributed by atoms with E-state index in [1.54, 1.807) is 0 Å². The van der Waals surface area contributed by atoms with Crippen molar-refractivity contribution >= 4 is 0 Å². The van der Waals surface area contributed by atoms with Crippen molar-refractivity contribution in [2.75, 3.05) is 6.61 Å². The fourth-order valence-corrected chi connectivity index (χ4v) is 2.45. The van der Waals surface area contributed by atoms with Gasteiger partial charge in [0.1, 0.15) is 0 Å². The van der Waals surface area contributed by atoms with E-state index in [9.17, 15) is 5.11 Å². The molecule has 1 saturated carbocycles. The third kappa shape index (κ3) is 3.85. The summed E-state index contributed by atoms with van der Waals surface area (Å²) >= 11 is 0. The van der Waals surface area contributed by atoms with Crippen LogP contribution in [-0.2, 0) is 4.74 Å². The molecule has 15 heavy (non-hydrogen) atoms. The summed E-state index contributed by atoms with van der Waals surface area (Å²) in [5.41, 5.74) is 0. The summed E-state index contributed by atoms with van der Waals surface area (Å²) in [4.78, 5) is 0. The van der Waals surface area contributed by atoms with Gasteiger partial charge in [-0.2, -0.15) is 0 Å². The zero-order valence-corrected chi connectivity index (χ0v) is 9.61. The zero-order chi connectivity index (χ0) is 11.1. The van der Waals surface area contributed by atoms with Crippen molar-refractivity contribution in [1.82, 2.24) is 0 Å².